The zero-order valence-electron chi connectivity index (χ0n) is 7.92. The molecule has 2 rings (SSSR count). The van der Waals surface area contributed by atoms with Crippen molar-refractivity contribution in [2.24, 2.45) is 0 Å². The van der Waals surface area contributed by atoms with Gasteiger partial charge in [-0.15, -0.1) is 0 Å². The fraction of sp³-hybridized carbons (Fsp3) is 0.167. The summed E-state index contributed by atoms with van der Waals surface area (Å²) in [6.07, 6.45) is 2.11. The third-order valence-electron chi connectivity index (χ3n) is 2.21. The standard InChI is InChI=1S/C12H12O/c1-8-4-5-12-11(6-8)7-9(2)10(3)13-12/h4-7H,3H2,1-2H3. The number of rotatable bonds is 0. The molecule has 0 fully saturated rings. The van der Waals surface area contributed by atoms with Crippen molar-refractivity contribution in [3.8, 4) is 5.75 Å². The van der Waals surface area contributed by atoms with E-state index in [0.29, 0.717) is 0 Å². The highest BCUT2D eigenvalue weighted by Gasteiger charge is 2.11. The molecule has 0 radical (unpaired) electrons. The van der Waals surface area contributed by atoms with Crippen LogP contribution in [0, 0.1) is 6.92 Å². The van der Waals surface area contributed by atoms with E-state index in [4.69, 9.17) is 4.74 Å². The van der Waals surface area contributed by atoms with Crippen molar-refractivity contribution >= 4 is 6.08 Å². The minimum absolute atomic E-state index is 0.747. The molecular formula is C12H12O. The van der Waals surface area contributed by atoms with E-state index < -0.39 is 0 Å². The first-order valence-electron chi connectivity index (χ1n) is 4.33. The van der Waals surface area contributed by atoms with Crippen LogP contribution in [-0.4, -0.2) is 0 Å². The maximum atomic E-state index is 5.54. The predicted octanol–water partition coefficient (Wildman–Crippen LogP) is 3.30. The molecule has 66 valence electrons. The van der Waals surface area contributed by atoms with Crippen LogP contribution in [0.25, 0.3) is 6.08 Å². The van der Waals surface area contributed by atoms with Crippen LogP contribution in [0.4, 0.5) is 0 Å². The van der Waals surface area contributed by atoms with E-state index in [1.165, 1.54) is 5.56 Å². The number of hydrogen-bond donors (Lipinski definition) is 0. The minimum atomic E-state index is 0.747. The van der Waals surface area contributed by atoms with Crippen LogP contribution in [0.15, 0.2) is 36.1 Å². The summed E-state index contributed by atoms with van der Waals surface area (Å²) in [6, 6.07) is 6.14. The topological polar surface area (TPSA) is 9.23 Å². The van der Waals surface area contributed by atoms with Crippen molar-refractivity contribution in [1.29, 1.82) is 0 Å². The molecule has 0 saturated heterocycles. The SMILES string of the molecule is C=C1Oc2ccc(C)cc2C=C1C. The van der Waals surface area contributed by atoms with Crippen LogP contribution < -0.4 is 4.74 Å². The van der Waals surface area contributed by atoms with Crippen LogP contribution in [0.5, 0.6) is 5.75 Å². The van der Waals surface area contributed by atoms with Gasteiger partial charge in [-0.3, -0.25) is 0 Å². The normalized spacial score (nSPS) is 14.6. The van der Waals surface area contributed by atoms with Crippen molar-refractivity contribution in [1.82, 2.24) is 0 Å². The van der Waals surface area contributed by atoms with Crippen LogP contribution in [-0.2, 0) is 0 Å². The van der Waals surface area contributed by atoms with Gasteiger partial charge in [-0.2, -0.15) is 0 Å². The smallest absolute Gasteiger partial charge is 0.134 e. The summed E-state index contributed by atoms with van der Waals surface area (Å²) in [5.41, 5.74) is 3.49. The molecule has 1 heteroatoms. The quantitative estimate of drug-likeness (QED) is 0.583. The molecule has 0 aliphatic carbocycles. The molecule has 1 heterocycles. The summed E-state index contributed by atoms with van der Waals surface area (Å²) in [5.74, 6) is 1.65. The minimum Gasteiger partial charge on any atom is -0.457 e. The van der Waals surface area contributed by atoms with E-state index in [1.54, 1.807) is 0 Å². The lowest BCUT2D eigenvalue weighted by Crippen LogP contribution is -2.02. The molecule has 0 atom stereocenters. The third kappa shape index (κ3) is 1.37. The molecule has 0 aromatic heterocycles. The summed E-state index contributed by atoms with van der Waals surface area (Å²) in [6.45, 7) is 7.91. The van der Waals surface area contributed by atoms with Crippen molar-refractivity contribution in [2.75, 3.05) is 0 Å². The van der Waals surface area contributed by atoms with Gasteiger partial charge in [0.2, 0.25) is 0 Å². The van der Waals surface area contributed by atoms with Crippen molar-refractivity contribution in [3.05, 3.63) is 47.2 Å². The Hall–Kier alpha value is -1.50. The van der Waals surface area contributed by atoms with Crippen LogP contribution >= 0.6 is 0 Å². The van der Waals surface area contributed by atoms with Crippen LogP contribution in [0.2, 0.25) is 0 Å². The second-order valence-electron chi connectivity index (χ2n) is 3.39. The number of ether oxygens (including phenoxy) is 1. The zero-order chi connectivity index (χ0) is 9.42. The number of benzene rings is 1. The van der Waals surface area contributed by atoms with Crippen LogP contribution in [0.1, 0.15) is 18.1 Å². The third-order valence-corrected chi connectivity index (χ3v) is 2.21. The first-order chi connectivity index (χ1) is 6.16. The summed E-state index contributed by atoms with van der Waals surface area (Å²) >= 11 is 0. The number of hydrogen-bond acceptors (Lipinski definition) is 1. The fourth-order valence-corrected chi connectivity index (χ4v) is 1.40. The highest BCUT2D eigenvalue weighted by molar-refractivity contribution is 5.66. The maximum Gasteiger partial charge on any atom is 0.134 e. The lowest BCUT2D eigenvalue weighted by molar-refractivity contribution is 0.433. The average Bonchev–Trinajstić information content (AvgIpc) is 2.08. The Kier molecular flexibility index (Phi) is 1.73. The second kappa shape index (κ2) is 2.77. The monoisotopic (exact) mass is 172 g/mol. The van der Waals surface area contributed by atoms with Gasteiger partial charge in [0, 0.05) is 5.56 Å². The van der Waals surface area contributed by atoms with E-state index in [1.807, 2.05) is 19.1 Å². The summed E-state index contributed by atoms with van der Waals surface area (Å²) in [5, 5.41) is 0. The van der Waals surface area contributed by atoms with Gasteiger partial charge >= 0.3 is 0 Å². The lowest BCUT2D eigenvalue weighted by atomic mass is 10.0. The van der Waals surface area contributed by atoms with E-state index in [9.17, 15) is 0 Å². The highest BCUT2D eigenvalue weighted by Crippen LogP contribution is 2.30. The Morgan fingerprint density at radius 1 is 1.23 bits per heavy atom. The Morgan fingerprint density at radius 3 is 2.77 bits per heavy atom. The molecule has 0 amide bonds. The summed E-state index contributed by atoms with van der Waals surface area (Å²) < 4.78 is 5.54. The van der Waals surface area contributed by atoms with Gasteiger partial charge in [-0.1, -0.05) is 18.2 Å². The molecule has 13 heavy (non-hydrogen) atoms. The Labute approximate surface area is 78.3 Å². The summed E-state index contributed by atoms with van der Waals surface area (Å²) in [7, 11) is 0. The van der Waals surface area contributed by atoms with Gasteiger partial charge in [0.15, 0.2) is 0 Å². The first-order valence-corrected chi connectivity index (χ1v) is 4.33. The zero-order valence-corrected chi connectivity index (χ0v) is 7.92. The first kappa shape index (κ1) is 8.11. The molecule has 0 spiro atoms. The van der Waals surface area contributed by atoms with Gasteiger partial charge in [0.05, 0.1) is 0 Å². The van der Waals surface area contributed by atoms with Gasteiger partial charge in [-0.25, -0.2) is 0 Å². The molecule has 1 aromatic carbocycles. The largest absolute Gasteiger partial charge is 0.457 e. The van der Waals surface area contributed by atoms with E-state index in [-0.39, 0.29) is 0 Å². The van der Waals surface area contributed by atoms with Crippen molar-refractivity contribution in [3.63, 3.8) is 0 Å². The summed E-state index contributed by atoms with van der Waals surface area (Å²) in [4.78, 5) is 0. The van der Waals surface area contributed by atoms with Gasteiger partial charge < -0.3 is 4.74 Å². The lowest BCUT2D eigenvalue weighted by Gasteiger charge is -2.17. The van der Waals surface area contributed by atoms with E-state index in [0.717, 1.165) is 22.6 Å². The molecule has 0 N–H and O–H groups in total. The molecule has 0 bridgehead atoms. The van der Waals surface area contributed by atoms with Crippen molar-refractivity contribution in [2.45, 2.75) is 13.8 Å². The Bertz CT molecular complexity index is 400. The van der Waals surface area contributed by atoms with Gasteiger partial charge in [0.25, 0.3) is 0 Å². The van der Waals surface area contributed by atoms with Crippen molar-refractivity contribution < 1.29 is 4.74 Å². The number of allylic oxidation sites excluding steroid dienone is 1. The van der Waals surface area contributed by atoms with E-state index >= 15 is 0 Å². The highest BCUT2D eigenvalue weighted by atomic mass is 16.5. The number of fused-ring (bicyclic) bond motifs is 1. The predicted molar refractivity (Wildman–Crippen MR) is 54.6 cm³/mol. The molecule has 1 nitrogen and oxygen atoms in total. The molecular weight excluding hydrogens is 160 g/mol. The molecule has 0 saturated carbocycles. The Morgan fingerprint density at radius 2 is 2.00 bits per heavy atom. The Balaban J connectivity index is 2.57. The second-order valence-corrected chi connectivity index (χ2v) is 3.39. The van der Waals surface area contributed by atoms with E-state index in [2.05, 4.69) is 25.6 Å². The molecule has 0 unspecified atom stereocenters. The van der Waals surface area contributed by atoms with Gasteiger partial charge in [-0.05, 0) is 37.6 Å². The maximum absolute atomic E-state index is 5.54. The van der Waals surface area contributed by atoms with Crippen LogP contribution in [0.3, 0.4) is 0 Å². The molecule has 1 aliphatic heterocycles. The average molecular weight is 172 g/mol. The number of aryl methyl sites for hydroxylation is 1. The fourth-order valence-electron chi connectivity index (χ4n) is 1.40. The molecule has 1 aromatic rings. The van der Waals surface area contributed by atoms with Gasteiger partial charge in [0.1, 0.15) is 11.5 Å². The molecule has 1 aliphatic rings.